The Balaban J connectivity index is 2.58. The van der Waals surface area contributed by atoms with Crippen LogP contribution in [0.4, 0.5) is 0 Å². The van der Waals surface area contributed by atoms with Crippen molar-refractivity contribution in [3.63, 3.8) is 0 Å². The number of carbonyl (C=O) groups excluding carboxylic acids is 1. The van der Waals surface area contributed by atoms with Gasteiger partial charge in [0.1, 0.15) is 0 Å². The number of hydrogen-bond donors (Lipinski definition) is 0. The van der Waals surface area contributed by atoms with Crippen LogP contribution in [0.15, 0.2) is 36.4 Å². The Morgan fingerprint density at radius 1 is 1.00 bits per heavy atom. The van der Waals surface area contributed by atoms with Gasteiger partial charge in [0.25, 0.3) is 0 Å². The SMILES string of the molecule is COc1cc(/C(=C\c2ccc(C#N)cc2)C(C)=O)cc(OC)c1OC. The summed E-state index contributed by atoms with van der Waals surface area (Å²) in [5.74, 6) is 1.32. The summed E-state index contributed by atoms with van der Waals surface area (Å²) in [5.41, 5.74) is 2.54. The van der Waals surface area contributed by atoms with Gasteiger partial charge in [-0.1, -0.05) is 12.1 Å². The van der Waals surface area contributed by atoms with Crippen molar-refractivity contribution in [3.8, 4) is 23.3 Å². The number of Topliss-reactive ketones (excluding diaryl/α,β-unsaturated/α-hetero) is 1. The molecule has 128 valence electrons. The van der Waals surface area contributed by atoms with Crippen LogP contribution in [0.25, 0.3) is 11.6 Å². The number of allylic oxidation sites excluding steroid dienone is 1. The fraction of sp³-hybridized carbons (Fsp3) is 0.200. The van der Waals surface area contributed by atoms with Crippen LogP contribution in [0.1, 0.15) is 23.6 Å². The van der Waals surface area contributed by atoms with Crippen molar-refractivity contribution >= 4 is 17.4 Å². The quantitative estimate of drug-likeness (QED) is 0.594. The van der Waals surface area contributed by atoms with Crippen LogP contribution < -0.4 is 14.2 Å². The number of nitriles is 1. The zero-order valence-corrected chi connectivity index (χ0v) is 14.6. The molecule has 0 radical (unpaired) electrons. The van der Waals surface area contributed by atoms with Gasteiger partial charge in [0, 0.05) is 5.57 Å². The maximum atomic E-state index is 12.2. The van der Waals surface area contributed by atoms with Gasteiger partial charge in [-0.25, -0.2) is 0 Å². The van der Waals surface area contributed by atoms with E-state index in [-0.39, 0.29) is 5.78 Å². The largest absolute Gasteiger partial charge is 0.493 e. The lowest BCUT2D eigenvalue weighted by Crippen LogP contribution is -2.00. The Bertz CT molecular complexity index is 820. The number of nitrogens with zero attached hydrogens (tertiary/aromatic N) is 1. The molecule has 2 rings (SSSR count). The summed E-state index contributed by atoms with van der Waals surface area (Å²) >= 11 is 0. The second-order valence-corrected chi connectivity index (χ2v) is 5.26. The molecule has 0 N–H and O–H groups in total. The van der Waals surface area contributed by atoms with Crippen LogP contribution in [-0.4, -0.2) is 27.1 Å². The first-order chi connectivity index (χ1) is 12.0. The van der Waals surface area contributed by atoms with Gasteiger partial charge < -0.3 is 14.2 Å². The van der Waals surface area contributed by atoms with Crippen molar-refractivity contribution in [2.45, 2.75) is 6.92 Å². The minimum atomic E-state index is -0.0985. The van der Waals surface area contributed by atoms with Crippen LogP contribution in [0.2, 0.25) is 0 Å². The van der Waals surface area contributed by atoms with Crippen molar-refractivity contribution in [2.75, 3.05) is 21.3 Å². The molecule has 25 heavy (non-hydrogen) atoms. The molecule has 0 aromatic heterocycles. The van der Waals surface area contributed by atoms with Gasteiger partial charge in [0.2, 0.25) is 5.75 Å². The van der Waals surface area contributed by atoms with Gasteiger partial charge >= 0.3 is 0 Å². The molecule has 5 nitrogen and oxygen atoms in total. The van der Waals surface area contributed by atoms with Crippen LogP contribution >= 0.6 is 0 Å². The lowest BCUT2D eigenvalue weighted by molar-refractivity contribution is -0.111. The standard InChI is InChI=1S/C20H19NO4/c1-13(22)17(9-14-5-7-15(12-21)8-6-14)16-10-18(23-2)20(25-4)19(11-16)24-3/h5-11H,1-4H3/b17-9-. The van der Waals surface area contributed by atoms with Gasteiger partial charge in [-0.15, -0.1) is 0 Å². The third-order valence-corrected chi connectivity index (χ3v) is 3.71. The fourth-order valence-corrected chi connectivity index (χ4v) is 2.45. The fourth-order valence-electron chi connectivity index (χ4n) is 2.45. The van der Waals surface area contributed by atoms with E-state index in [1.54, 1.807) is 42.5 Å². The van der Waals surface area contributed by atoms with Crippen molar-refractivity contribution < 1.29 is 19.0 Å². The highest BCUT2D eigenvalue weighted by molar-refractivity contribution is 6.24. The molecule has 0 aliphatic carbocycles. The Kier molecular flexibility index (Phi) is 5.80. The van der Waals surface area contributed by atoms with Crippen LogP contribution in [0, 0.1) is 11.3 Å². The topological polar surface area (TPSA) is 68.5 Å². The molecular formula is C20H19NO4. The maximum Gasteiger partial charge on any atom is 0.203 e. The van der Waals surface area contributed by atoms with Gasteiger partial charge in [-0.3, -0.25) is 4.79 Å². The van der Waals surface area contributed by atoms with Crippen LogP contribution in [0.5, 0.6) is 17.2 Å². The molecule has 2 aromatic rings. The molecule has 5 heteroatoms. The number of benzene rings is 2. The normalized spacial score (nSPS) is 10.8. The number of ketones is 1. The van der Waals surface area contributed by atoms with Gasteiger partial charge in [-0.2, -0.15) is 5.26 Å². The predicted octanol–water partition coefficient (Wildman–Crippen LogP) is 3.71. The first kappa shape index (κ1) is 18.1. The monoisotopic (exact) mass is 337 g/mol. The minimum absolute atomic E-state index is 0.0985. The van der Waals surface area contributed by atoms with Gasteiger partial charge in [-0.05, 0) is 48.4 Å². The van der Waals surface area contributed by atoms with Crippen molar-refractivity contribution in [1.29, 1.82) is 5.26 Å². The Morgan fingerprint density at radius 2 is 1.56 bits per heavy atom. The summed E-state index contributed by atoms with van der Waals surface area (Å²) in [5, 5.41) is 8.88. The molecule has 0 amide bonds. The zero-order valence-electron chi connectivity index (χ0n) is 14.6. The Hall–Kier alpha value is -3.26. The smallest absolute Gasteiger partial charge is 0.203 e. The molecule has 0 saturated heterocycles. The van der Waals surface area contributed by atoms with E-state index in [0.29, 0.717) is 33.9 Å². The first-order valence-electron chi connectivity index (χ1n) is 7.57. The average molecular weight is 337 g/mol. The number of hydrogen-bond acceptors (Lipinski definition) is 5. The van der Waals surface area contributed by atoms with E-state index in [9.17, 15) is 4.79 Å². The molecular weight excluding hydrogens is 318 g/mol. The van der Waals surface area contributed by atoms with E-state index in [1.807, 2.05) is 0 Å². The molecule has 0 aliphatic heterocycles. The van der Waals surface area contributed by atoms with E-state index < -0.39 is 0 Å². The minimum Gasteiger partial charge on any atom is -0.493 e. The van der Waals surface area contributed by atoms with E-state index in [4.69, 9.17) is 19.5 Å². The molecule has 0 unspecified atom stereocenters. The van der Waals surface area contributed by atoms with E-state index in [1.165, 1.54) is 28.3 Å². The molecule has 0 saturated carbocycles. The van der Waals surface area contributed by atoms with Crippen LogP contribution in [-0.2, 0) is 4.79 Å². The summed E-state index contributed by atoms with van der Waals surface area (Å²) < 4.78 is 16.0. The molecule has 0 spiro atoms. The molecule has 0 aliphatic rings. The third kappa shape index (κ3) is 3.99. The number of rotatable bonds is 6. The summed E-state index contributed by atoms with van der Waals surface area (Å²) in [6, 6.07) is 12.5. The van der Waals surface area contributed by atoms with Crippen LogP contribution in [0.3, 0.4) is 0 Å². The lowest BCUT2D eigenvalue weighted by atomic mass is 9.98. The highest BCUT2D eigenvalue weighted by Crippen LogP contribution is 2.40. The Morgan fingerprint density at radius 3 is 1.96 bits per heavy atom. The van der Waals surface area contributed by atoms with E-state index >= 15 is 0 Å². The molecule has 0 fully saturated rings. The zero-order chi connectivity index (χ0) is 18.4. The molecule has 0 heterocycles. The summed E-state index contributed by atoms with van der Waals surface area (Å²) in [4.78, 5) is 12.2. The number of carbonyl (C=O) groups is 1. The molecule has 0 atom stereocenters. The number of methoxy groups -OCH3 is 3. The second-order valence-electron chi connectivity index (χ2n) is 5.26. The predicted molar refractivity (Wildman–Crippen MR) is 95.8 cm³/mol. The highest BCUT2D eigenvalue weighted by atomic mass is 16.5. The first-order valence-corrected chi connectivity index (χ1v) is 7.57. The molecule has 0 bridgehead atoms. The summed E-state index contributed by atoms with van der Waals surface area (Å²) in [7, 11) is 4.58. The third-order valence-electron chi connectivity index (χ3n) is 3.71. The van der Waals surface area contributed by atoms with Crippen molar-refractivity contribution in [2.24, 2.45) is 0 Å². The van der Waals surface area contributed by atoms with E-state index in [2.05, 4.69) is 6.07 Å². The highest BCUT2D eigenvalue weighted by Gasteiger charge is 2.17. The average Bonchev–Trinajstić information content (AvgIpc) is 2.64. The summed E-state index contributed by atoms with van der Waals surface area (Å²) in [6.07, 6.45) is 1.77. The van der Waals surface area contributed by atoms with E-state index in [0.717, 1.165) is 5.56 Å². The van der Waals surface area contributed by atoms with Crippen molar-refractivity contribution in [1.82, 2.24) is 0 Å². The maximum absolute atomic E-state index is 12.2. The Labute approximate surface area is 147 Å². The van der Waals surface area contributed by atoms with Crippen molar-refractivity contribution in [3.05, 3.63) is 53.1 Å². The lowest BCUT2D eigenvalue weighted by Gasteiger charge is -2.15. The number of ether oxygens (including phenoxy) is 3. The summed E-state index contributed by atoms with van der Waals surface area (Å²) in [6.45, 7) is 1.50. The van der Waals surface area contributed by atoms with Gasteiger partial charge in [0.15, 0.2) is 17.3 Å². The molecule has 2 aromatic carbocycles. The van der Waals surface area contributed by atoms with Gasteiger partial charge in [0.05, 0.1) is 33.0 Å². The second kappa shape index (κ2) is 8.02.